The molecule has 1 atom stereocenters. The number of nitrogens with one attached hydrogen (secondary N) is 1. The van der Waals surface area contributed by atoms with E-state index in [4.69, 9.17) is 4.74 Å². The first kappa shape index (κ1) is 19.7. The maximum Gasteiger partial charge on any atom is 1.00 e. The van der Waals surface area contributed by atoms with Gasteiger partial charge in [0.25, 0.3) is 0 Å². The third kappa shape index (κ3) is 7.90. The van der Waals surface area contributed by atoms with Crippen LogP contribution in [-0.2, 0) is 20.7 Å². The number of hydrogen-bond acceptors (Lipinski definition) is 4. The molecule has 0 fully saturated rings. The molecule has 110 valence electrons. The van der Waals surface area contributed by atoms with Crippen molar-refractivity contribution in [2.24, 2.45) is 0 Å². The molecule has 21 heavy (non-hydrogen) atoms. The molecule has 2 N–H and O–H groups in total. The van der Waals surface area contributed by atoms with Crippen molar-refractivity contribution in [2.75, 3.05) is 6.61 Å². The number of carboxylic acids is 1. The zero-order valence-corrected chi connectivity index (χ0v) is 14.6. The molecular weight excluding hydrogens is 281 g/mol. The number of carbonyl (C=O) groups excluding carboxylic acids is 1. The van der Waals surface area contributed by atoms with Crippen LogP contribution in [-0.4, -0.2) is 29.7 Å². The van der Waals surface area contributed by atoms with Gasteiger partial charge in [0.15, 0.2) is 0 Å². The van der Waals surface area contributed by atoms with E-state index in [2.05, 4.69) is 5.32 Å². The number of benzene rings is 1. The van der Waals surface area contributed by atoms with Crippen molar-refractivity contribution in [1.29, 1.82) is 0 Å². The molecule has 0 saturated heterocycles. The van der Waals surface area contributed by atoms with Crippen molar-refractivity contribution >= 4 is 11.9 Å². The van der Waals surface area contributed by atoms with Gasteiger partial charge in [-0.2, -0.15) is 0 Å². The van der Waals surface area contributed by atoms with E-state index in [0.717, 1.165) is 5.56 Å². The Kier molecular flexibility index (Phi) is 9.78. The zero-order valence-electron chi connectivity index (χ0n) is 13.6. The first-order chi connectivity index (χ1) is 9.52. The van der Waals surface area contributed by atoms with Crippen molar-refractivity contribution in [3.63, 3.8) is 0 Å². The normalized spacial score (nSPS) is 12.0. The second kappa shape index (κ2) is 10.4. The smallest absolute Gasteiger partial charge is 1.00 e. The Hall–Kier alpha value is -1.30. The summed E-state index contributed by atoms with van der Waals surface area (Å²) >= 11 is 0. The first-order valence-electron chi connectivity index (χ1n) is 6.41. The van der Waals surface area contributed by atoms with E-state index in [9.17, 15) is 14.7 Å². The number of carbonyl (C=O) groups is 2. The molecular formula is C15H20NNaO4. The van der Waals surface area contributed by atoms with E-state index in [1.807, 2.05) is 30.3 Å². The predicted molar refractivity (Wildman–Crippen MR) is 76.2 cm³/mol. The number of hydrogen-bond donors (Lipinski definition) is 2. The van der Waals surface area contributed by atoms with Crippen LogP contribution in [0.3, 0.4) is 0 Å². The van der Waals surface area contributed by atoms with E-state index in [-0.39, 0.29) is 37.6 Å². The van der Waals surface area contributed by atoms with Crippen LogP contribution in [0.4, 0.5) is 0 Å². The molecule has 1 aromatic rings. The SMILES string of the molecule is CCOC(=O)C=C(C)N[C@@H](Cc1ccccc1)C(=O)O.[H-].[Na+]. The summed E-state index contributed by atoms with van der Waals surface area (Å²) in [5.41, 5.74) is 1.38. The van der Waals surface area contributed by atoms with Crippen molar-refractivity contribution in [3.05, 3.63) is 47.7 Å². The average Bonchev–Trinajstić information content (AvgIpc) is 2.39. The summed E-state index contributed by atoms with van der Waals surface area (Å²) in [6.45, 7) is 3.64. The van der Waals surface area contributed by atoms with Crippen molar-refractivity contribution in [1.82, 2.24) is 5.32 Å². The standard InChI is InChI=1S/C15H19NO4.Na.H/c1-3-20-14(17)9-11(2)16-13(15(18)19)10-12-7-5-4-6-8-12;;/h4-9,13,16H,3,10H2,1-2H3,(H,18,19);;/q;+1;-1/t13-;;/m0../s1. The Morgan fingerprint density at radius 3 is 2.52 bits per heavy atom. The minimum Gasteiger partial charge on any atom is -1.00 e. The van der Waals surface area contributed by atoms with Crippen LogP contribution in [0.1, 0.15) is 20.8 Å². The Morgan fingerprint density at radius 1 is 1.38 bits per heavy atom. The van der Waals surface area contributed by atoms with Gasteiger partial charge < -0.3 is 16.6 Å². The van der Waals surface area contributed by atoms with Crippen molar-refractivity contribution < 1.29 is 50.4 Å². The summed E-state index contributed by atoms with van der Waals surface area (Å²) in [6.07, 6.45) is 1.59. The van der Waals surface area contributed by atoms with Crippen LogP contribution in [0, 0.1) is 0 Å². The predicted octanol–water partition coefficient (Wildman–Crippen LogP) is -1.14. The number of esters is 1. The molecule has 0 amide bonds. The van der Waals surface area contributed by atoms with Gasteiger partial charge in [-0.05, 0) is 19.4 Å². The number of allylic oxidation sites excluding steroid dienone is 1. The molecule has 1 rings (SSSR count). The molecule has 0 heterocycles. The third-order valence-electron chi connectivity index (χ3n) is 2.60. The fourth-order valence-corrected chi connectivity index (χ4v) is 1.73. The summed E-state index contributed by atoms with van der Waals surface area (Å²) in [7, 11) is 0. The summed E-state index contributed by atoms with van der Waals surface area (Å²) < 4.78 is 4.77. The molecule has 0 aliphatic heterocycles. The minimum atomic E-state index is -0.967. The van der Waals surface area contributed by atoms with Gasteiger partial charge in [0.2, 0.25) is 0 Å². The molecule has 1 aromatic carbocycles. The maximum absolute atomic E-state index is 11.3. The number of rotatable bonds is 7. The Morgan fingerprint density at radius 2 is 2.00 bits per heavy atom. The van der Waals surface area contributed by atoms with Crippen LogP contribution in [0.25, 0.3) is 0 Å². The maximum atomic E-state index is 11.3. The molecule has 0 aromatic heterocycles. The van der Waals surface area contributed by atoms with Crippen LogP contribution in [0.15, 0.2) is 42.1 Å². The average molecular weight is 301 g/mol. The topological polar surface area (TPSA) is 75.6 Å². The van der Waals surface area contributed by atoms with E-state index in [1.54, 1.807) is 13.8 Å². The number of ether oxygens (including phenoxy) is 1. The number of aliphatic carboxylic acids is 1. The molecule has 5 nitrogen and oxygen atoms in total. The van der Waals surface area contributed by atoms with Crippen LogP contribution < -0.4 is 34.9 Å². The van der Waals surface area contributed by atoms with Gasteiger partial charge in [0.1, 0.15) is 6.04 Å². The summed E-state index contributed by atoms with van der Waals surface area (Å²) in [6, 6.07) is 8.52. The van der Waals surface area contributed by atoms with Crippen LogP contribution in [0.2, 0.25) is 0 Å². The van der Waals surface area contributed by atoms with Gasteiger partial charge in [0.05, 0.1) is 6.61 Å². The second-order valence-corrected chi connectivity index (χ2v) is 4.30. The van der Waals surface area contributed by atoms with Gasteiger partial charge in [-0.1, -0.05) is 30.3 Å². The van der Waals surface area contributed by atoms with Gasteiger partial charge in [-0.15, -0.1) is 0 Å². The van der Waals surface area contributed by atoms with Crippen molar-refractivity contribution in [2.45, 2.75) is 26.3 Å². The number of carboxylic acid groups (broad SMARTS) is 1. The third-order valence-corrected chi connectivity index (χ3v) is 2.60. The molecule has 0 unspecified atom stereocenters. The largest absolute Gasteiger partial charge is 1.00 e. The van der Waals surface area contributed by atoms with Gasteiger partial charge in [-0.25, -0.2) is 9.59 Å². The van der Waals surface area contributed by atoms with Gasteiger partial charge in [0, 0.05) is 18.2 Å². The Balaban J connectivity index is 0. The fourth-order valence-electron chi connectivity index (χ4n) is 1.73. The molecule has 0 bridgehead atoms. The monoisotopic (exact) mass is 301 g/mol. The van der Waals surface area contributed by atoms with E-state index in [0.29, 0.717) is 12.1 Å². The van der Waals surface area contributed by atoms with Crippen LogP contribution in [0.5, 0.6) is 0 Å². The molecule has 0 aliphatic rings. The van der Waals surface area contributed by atoms with E-state index < -0.39 is 18.0 Å². The van der Waals surface area contributed by atoms with E-state index >= 15 is 0 Å². The molecule has 0 saturated carbocycles. The summed E-state index contributed by atoms with van der Waals surface area (Å²) in [5, 5.41) is 12.0. The minimum absolute atomic E-state index is 0. The summed E-state index contributed by atoms with van der Waals surface area (Å²) in [5.74, 6) is -1.45. The Labute approximate surface area is 148 Å². The fraction of sp³-hybridized carbons (Fsp3) is 0.333. The second-order valence-electron chi connectivity index (χ2n) is 4.30. The van der Waals surface area contributed by atoms with Crippen LogP contribution >= 0.6 is 0 Å². The molecule has 0 aliphatic carbocycles. The quantitative estimate of drug-likeness (QED) is 0.378. The zero-order chi connectivity index (χ0) is 15.0. The molecule has 0 spiro atoms. The molecule has 0 radical (unpaired) electrons. The first-order valence-corrected chi connectivity index (χ1v) is 6.41. The van der Waals surface area contributed by atoms with Gasteiger partial charge in [-0.3, -0.25) is 0 Å². The summed E-state index contributed by atoms with van der Waals surface area (Å²) in [4.78, 5) is 22.5. The molecule has 6 heteroatoms. The van der Waals surface area contributed by atoms with E-state index in [1.165, 1.54) is 6.08 Å². The van der Waals surface area contributed by atoms with Crippen molar-refractivity contribution in [3.8, 4) is 0 Å². The van der Waals surface area contributed by atoms with Gasteiger partial charge >= 0.3 is 41.5 Å². The Bertz CT molecular complexity index is 494.